The average Bonchev–Trinajstić information content (AvgIpc) is 2.06. The zero-order chi connectivity index (χ0) is 10.1. The van der Waals surface area contributed by atoms with E-state index in [1.54, 1.807) is 0 Å². The van der Waals surface area contributed by atoms with Gasteiger partial charge in [0.2, 0.25) is 0 Å². The summed E-state index contributed by atoms with van der Waals surface area (Å²) in [5.41, 5.74) is 2.17. The van der Waals surface area contributed by atoms with Crippen LogP contribution < -0.4 is 10.6 Å². The average molecular weight is 276 g/mol. The maximum Gasteiger partial charge on any atom is 0.0510 e. The quantitative estimate of drug-likeness (QED) is 0.867. The van der Waals surface area contributed by atoms with E-state index >= 15 is 0 Å². The van der Waals surface area contributed by atoms with Crippen molar-refractivity contribution in [3.05, 3.63) is 27.2 Å². The summed E-state index contributed by atoms with van der Waals surface area (Å²) in [4.78, 5) is 0. The van der Waals surface area contributed by atoms with Crippen molar-refractivity contribution in [1.82, 2.24) is 5.32 Å². The maximum atomic E-state index is 6.05. The number of hydrogen-bond donors (Lipinski definition) is 2. The lowest BCUT2D eigenvalue weighted by molar-refractivity contribution is 0.472. The first-order chi connectivity index (χ1) is 6.66. The fourth-order valence-electron chi connectivity index (χ4n) is 1.37. The predicted octanol–water partition coefficient (Wildman–Crippen LogP) is 2.79. The summed E-state index contributed by atoms with van der Waals surface area (Å²) < 4.78 is 1.08. The highest BCUT2D eigenvalue weighted by molar-refractivity contribution is 9.10. The second-order valence-electron chi connectivity index (χ2n) is 3.58. The minimum absolute atomic E-state index is 0.532. The molecule has 0 unspecified atom stereocenters. The molecule has 1 aromatic carbocycles. The molecular formula is C10H12BrClN2. The van der Waals surface area contributed by atoms with Gasteiger partial charge in [-0.2, -0.15) is 0 Å². The fraction of sp³-hybridized carbons (Fsp3) is 0.400. The van der Waals surface area contributed by atoms with Crippen molar-refractivity contribution in [3.63, 3.8) is 0 Å². The van der Waals surface area contributed by atoms with Crippen molar-refractivity contribution in [2.75, 3.05) is 18.4 Å². The summed E-state index contributed by atoms with van der Waals surface area (Å²) >= 11 is 9.58. The first-order valence-corrected chi connectivity index (χ1v) is 5.77. The van der Waals surface area contributed by atoms with Crippen LogP contribution in [0.5, 0.6) is 0 Å². The van der Waals surface area contributed by atoms with Gasteiger partial charge < -0.3 is 10.6 Å². The predicted molar refractivity (Wildman–Crippen MR) is 64.2 cm³/mol. The molecule has 2 rings (SSSR count). The fourth-order valence-corrected chi connectivity index (χ4v) is 2.10. The van der Waals surface area contributed by atoms with Crippen molar-refractivity contribution < 1.29 is 0 Å². The minimum Gasteiger partial charge on any atom is -0.379 e. The van der Waals surface area contributed by atoms with Crippen LogP contribution in [0.4, 0.5) is 5.69 Å². The molecule has 0 radical (unpaired) electrons. The summed E-state index contributed by atoms with van der Waals surface area (Å²) in [6.45, 7) is 4.05. The second-order valence-corrected chi connectivity index (χ2v) is 4.84. The summed E-state index contributed by atoms with van der Waals surface area (Å²) in [5.74, 6) is 0. The topological polar surface area (TPSA) is 24.1 Å². The third kappa shape index (κ3) is 2.05. The largest absolute Gasteiger partial charge is 0.379 e. The third-order valence-electron chi connectivity index (χ3n) is 2.39. The minimum atomic E-state index is 0.532. The zero-order valence-corrected chi connectivity index (χ0v) is 10.2. The number of aryl methyl sites for hydroxylation is 1. The van der Waals surface area contributed by atoms with Crippen LogP contribution in [0.15, 0.2) is 16.6 Å². The van der Waals surface area contributed by atoms with E-state index in [0.29, 0.717) is 6.04 Å². The SMILES string of the molecule is Cc1cc(Br)c(NC2CNC2)cc1Cl. The highest BCUT2D eigenvalue weighted by Crippen LogP contribution is 2.29. The van der Waals surface area contributed by atoms with Gasteiger partial charge in [-0.25, -0.2) is 0 Å². The molecule has 2 nitrogen and oxygen atoms in total. The first-order valence-electron chi connectivity index (χ1n) is 4.59. The number of anilines is 1. The highest BCUT2D eigenvalue weighted by atomic mass is 79.9. The monoisotopic (exact) mass is 274 g/mol. The molecule has 76 valence electrons. The van der Waals surface area contributed by atoms with Crippen molar-refractivity contribution in [2.45, 2.75) is 13.0 Å². The van der Waals surface area contributed by atoms with Crippen LogP contribution >= 0.6 is 27.5 Å². The van der Waals surface area contributed by atoms with Crippen molar-refractivity contribution in [3.8, 4) is 0 Å². The molecule has 1 saturated heterocycles. The molecule has 0 atom stereocenters. The van der Waals surface area contributed by atoms with Gasteiger partial charge in [0, 0.05) is 22.6 Å². The number of nitrogens with one attached hydrogen (secondary N) is 2. The van der Waals surface area contributed by atoms with Gasteiger partial charge >= 0.3 is 0 Å². The zero-order valence-electron chi connectivity index (χ0n) is 7.90. The Balaban J connectivity index is 2.19. The van der Waals surface area contributed by atoms with Gasteiger partial charge in [0.1, 0.15) is 0 Å². The first kappa shape index (κ1) is 10.3. The standard InChI is InChI=1S/C10H12BrClN2/c1-6-2-8(11)10(3-9(6)12)14-7-4-13-5-7/h2-3,7,13-14H,4-5H2,1H3. The van der Waals surface area contributed by atoms with Crippen molar-refractivity contribution >= 4 is 33.2 Å². The van der Waals surface area contributed by atoms with E-state index < -0.39 is 0 Å². The lowest BCUT2D eigenvalue weighted by Gasteiger charge is -2.29. The van der Waals surface area contributed by atoms with Crippen LogP contribution in [0.3, 0.4) is 0 Å². The van der Waals surface area contributed by atoms with E-state index in [9.17, 15) is 0 Å². The molecule has 0 aromatic heterocycles. The Labute approximate surface area is 97.2 Å². The molecule has 4 heteroatoms. The van der Waals surface area contributed by atoms with Gasteiger partial charge in [-0.1, -0.05) is 11.6 Å². The third-order valence-corrected chi connectivity index (χ3v) is 3.45. The van der Waals surface area contributed by atoms with Gasteiger partial charge in [0.25, 0.3) is 0 Å². The molecule has 1 fully saturated rings. The number of rotatable bonds is 2. The Hall–Kier alpha value is -0.250. The summed E-state index contributed by atoms with van der Waals surface area (Å²) in [5, 5.41) is 7.45. The van der Waals surface area contributed by atoms with E-state index in [2.05, 4.69) is 26.6 Å². The molecule has 14 heavy (non-hydrogen) atoms. The van der Waals surface area contributed by atoms with E-state index in [0.717, 1.165) is 33.8 Å². The van der Waals surface area contributed by atoms with Crippen LogP contribution in [-0.4, -0.2) is 19.1 Å². The van der Waals surface area contributed by atoms with E-state index in [1.807, 2.05) is 19.1 Å². The van der Waals surface area contributed by atoms with Gasteiger partial charge in [0.05, 0.1) is 11.7 Å². The Morgan fingerprint density at radius 1 is 1.50 bits per heavy atom. The van der Waals surface area contributed by atoms with Crippen molar-refractivity contribution in [1.29, 1.82) is 0 Å². The number of hydrogen-bond acceptors (Lipinski definition) is 2. The molecule has 0 bridgehead atoms. The number of benzene rings is 1. The van der Waals surface area contributed by atoms with Crippen LogP contribution in [0.2, 0.25) is 5.02 Å². The molecule has 0 spiro atoms. The van der Waals surface area contributed by atoms with Gasteiger partial charge in [-0.05, 0) is 40.5 Å². The van der Waals surface area contributed by atoms with E-state index in [1.165, 1.54) is 0 Å². The van der Waals surface area contributed by atoms with Gasteiger partial charge in [0.15, 0.2) is 0 Å². The smallest absolute Gasteiger partial charge is 0.0510 e. The molecule has 1 aliphatic heterocycles. The van der Waals surface area contributed by atoms with E-state index in [-0.39, 0.29) is 0 Å². The molecular weight excluding hydrogens is 263 g/mol. The normalized spacial score (nSPS) is 16.5. The Kier molecular flexibility index (Phi) is 3.00. The molecule has 0 aliphatic carbocycles. The molecule has 2 N–H and O–H groups in total. The van der Waals surface area contributed by atoms with Crippen LogP contribution in [-0.2, 0) is 0 Å². The Bertz CT molecular complexity index is 350. The highest BCUT2D eigenvalue weighted by Gasteiger charge is 2.17. The maximum absolute atomic E-state index is 6.05. The lowest BCUT2D eigenvalue weighted by Crippen LogP contribution is -2.51. The summed E-state index contributed by atoms with van der Waals surface area (Å²) in [6, 6.07) is 4.54. The summed E-state index contributed by atoms with van der Waals surface area (Å²) in [6.07, 6.45) is 0. The van der Waals surface area contributed by atoms with Gasteiger partial charge in [-0.3, -0.25) is 0 Å². The molecule has 0 amide bonds. The molecule has 1 heterocycles. The van der Waals surface area contributed by atoms with Crippen LogP contribution in [0.25, 0.3) is 0 Å². The molecule has 1 aromatic rings. The van der Waals surface area contributed by atoms with Gasteiger partial charge in [-0.15, -0.1) is 0 Å². The Morgan fingerprint density at radius 2 is 2.21 bits per heavy atom. The second kappa shape index (κ2) is 4.09. The summed E-state index contributed by atoms with van der Waals surface area (Å²) in [7, 11) is 0. The lowest BCUT2D eigenvalue weighted by atomic mass is 10.1. The number of halogens is 2. The van der Waals surface area contributed by atoms with Crippen molar-refractivity contribution in [2.24, 2.45) is 0 Å². The molecule has 1 aliphatic rings. The van der Waals surface area contributed by atoms with E-state index in [4.69, 9.17) is 11.6 Å². The molecule has 0 saturated carbocycles. The van der Waals surface area contributed by atoms with Crippen LogP contribution in [0.1, 0.15) is 5.56 Å². The van der Waals surface area contributed by atoms with Crippen LogP contribution in [0, 0.1) is 6.92 Å². The Morgan fingerprint density at radius 3 is 2.79 bits per heavy atom.